The van der Waals surface area contributed by atoms with Crippen molar-refractivity contribution >= 4 is 34.9 Å². The molecule has 0 aromatic carbocycles. The standard InChI is InChI=1S/C19H32N6S/c1-2-10-20-19(26)23-18-21-16(24-11-6-3-4-7-12-24)15-17(22-18)25-13-8-5-9-14-25/h15H,2-14H2,1H3,(H2,20,21,22,23,26). The molecule has 0 saturated carbocycles. The lowest BCUT2D eigenvalue weighted by atomic mass is 10.1. The molecule has 2 aliphatic heterocycles. The van der Waals surface area contributed by atoms with E-state index in [4.69, 9.17) is 22.2 Å². The molecule has 0 amide bonds. The Hall–Kier alpha value is -1.63. The van der Waals surface area contributed by atoms with Crippen LogP contribution in [0.3, 0.4) is 0 Å². The average molecular weight is 377 g/mol. The molecule has 3 rings (SSSR count). The van der Waals surface area contributed by atoms with Gasteiger partial charge in [0.25, 0.3) is 0 Å². The van der Waals surface area contributed by atoms with Gasteiger partial charge in [-0.15, -0.1) is 0 Å². The van der Waals surface area contributed by atoms with E-state index in [-0.39, 0.29) is 0 Å². The molecule has 26 heavy (non-hydrogen) atoms. The number of hydrogen-bond donors (Lipinski definition) is 2. The van der Waals surface area contributed by atoms with Crippen LogP contribution < -0.4 is 20.4 Å². The molecule has 2 fully saturated rings. The summed E-state index contributed by atoms with van der Waals surface area (Å²) in [6, 6.07) is 2.17. The van der Waals surface area contributed by atoms with Crippen LogP contribution in [0.1, 0.15) is 58.3 Å². The van der Waals surface area contributed by atoms with Gasteiger partial charge >= 0.3 is 0 Å². The van der Waals surface area contributed by atoms with Crippen molar-refractivity contribution < 1.29 is 0 Å². The van der Waals surface area contributed by atoms with Gasteiger partial charge in [-0.05, 0) is 50.7 Å². The molecule has 1 aromatic heterocycles. The second-order valence-corrected chi connectivity index (χ2v) is 7.65. The van der Waals surface area contributed by atoms with E-state index in [0.717, 1.165) is 50.8 Å². The zero-order chi connectivity index (χ0) is 18.2. The first-order valence-electron chi connectivity index (χ1n) is 10.2. The molecule has 0 radical (unpaired) electrons. The highest BCUT2D eigenvalue weighted by Crippen LogP contribution is 2.25. The number of thiocarbonyl (C=S) groups is 1. The third kappa shape index (κ3) is 5.43. The molecule has 0 unspecified atom stereocenters. The van der Waals surface area contributed by atoms with Gasteiger partial charge in [0.1, 0.15) is 11.6 Å². The van der Waals surface area contributed by atoms with Crippen LogP contribution >= 0.6 is 12.2 Å². The molecular weight excluding hydrogens is 344 g/mol. The lowest BCUT2D eigenvalue weighted by Crippen LogP contribution is -2.33. The second kappa shape index (κ2) is 9.90. The minimum Gasteiger partial charge on any atom is -0.362 e. The third-order valence-electron chi connectivity index (χ3n) is 5.07. The van der Waals surface area contributed by atoms with E-state index in [1.165, 1.54) is 44.9 Å². The average Bonchev–Trinajstić information content (AvgIpc) is 2.96. The molecule has 144 valence electrons. The van der Waals surface area contributed by atoms with Gasteiger partial charge in [0.2, 0.25) is 5.95 Å². The van der Waals surface area contributed by atoms with Crippen LogP contribution in [0.5, 0.6) is 0 Å². The predicted octanol–water partition coefficient (Wildman–Crippen LogP) is 3.54. The zero-order valence-electron chi connectivity index (χ0n) is 16.0. The van der Waals surface area contributed by atoms with Crippen LogP contribution in [0.25, 0.3) is 0 Å². The van der Waals surface area contributed by atoms with Crippen LogP contribution in [0.4, 0.5) is 17.6 Å². The molecule has 0 bridgehead atoms. The van der Waals surface area contributed by atoms with E-state index < -0.39 is 0 Å². The van der Waals surface area contributed by atoms with Crippen molar-refractivity contribution in [3.05, 3.63) is 6.07 Å². The molecule has 3 heterocycles. The van der Waals surface area contributed by atoms with Crippen molar-refractivity contribution in [1.29, 1.82) is 0 Å². The van der Waals surface area contributed by atoms with Crippen molar-refractivity contribution in [2.24, 2.45) is 0 Å². The number of nitrogens with one attached hydrogen (secondary N) is 2. The molecule has 2 aliphatic rings. The summed E-state index contributed by atoms with van der Waals surface area (Å²) in [7, 11) is 0. The first-order chi connectivity index (χ1) is 12.8. The summed E-state index contributed by atoms with van der Waals surface area (Å²) in [4.78, 5) is 14.4. The molecule has 1 aromatic rings. The van der Waals surface area contributed by atoms with Crippen LogP contribution in [0.15, 0.2) is 6.07 Å². The molecule has 7 heteroatoms. The van der Waals surface area contributed by atoms with Crippen molar-refractivity contribution in [2.75, 3.05) is 47.8 Å². The number of piperidine rings is 1. The summed E-state index contributed by atoms with van der Waals surface area (Å²) in [5.74, 6) is 2.67. The van der Waals surface area contributed by atoms with Crippen molar-refractivity contribution in [3.63, 3.8) is 0 Å². The van der Waals surface area contributed by atoms with Crippen LogP contribution in [-0.4, -0.2) is 47.8 Å². The number of nitrogens with zero attached hydrogens (tertiary/aromatic N) is 4. The lowest BCUT2D eigenvalue weighted by Gasteiger charge is -2.29. The van der Waals surface area contributed by atoms with Crippen LogP contribution in [0.2, 0.25) is 0 Å². The van der Waals surface area contributed by atoms with Crippen molar-refractivity contribution in [2.45, 2.75) is 58.3 Å². The van der Waals surface area contributed by atoms with E-state index >= 15 is 0 Å². The Morgan fingerprint density at radius 3 is 1.92 bits per heavy atom. The van der Waals surface area contributed by atoms with Gasteiger partial charge in [-0.25, -0.2) is 0 Å². The predicted molar refractivity (Wildman–Crippen MR) is 113 cm³/mol. The highest BCUT2D eigenvalue weighted by Gasteiger charge is 2.18. The van der Waals surface area contributed by atoms with Gasteiger partial charge < -0.3 is 20.4 Å². The summed E-state index contributed by atoms with van der Waals surface area (Å²) in [5.41, 5.74) is 0. The maximum atomic E-state index is 5.39. The van der Waals surface area contributed by atoms with E-state index in [1.807, 2.05) is 0 Å². The Bertz CT molecular complexity index is 579. The molecular formula is C19H32N6S. The van der Waals surface area contributed by atoms with Gasteiger partial charge in [-0.3, -0.25) is 0 Å². The Balaban J connectivity index is 1.81. The quantitative estimate of drug-likeness (QED) is 0.762. The Morgan fingerprint density at radius 1 is 0.923 bits per heavy atom. The SMILES string of the molecule is CCCNC(=S)Nc1nc(N2CCCCCC2)cc(N2CCCCC2)n1. The number of anilines is 3. The number of aromatic nitrogens is 2. The van der Waals surface area contributed by atoms with E-state index in [1.54, 1.807) is 0 Å². The highest BCUT2D eigenvalue weighted by molar-refractivity contribution is 7.80. The monoisotopic (exact) mass is 376 g/mol. The lowest BCUT2D eigenvalue weighted by molar-refractivity contribution is 0.573. The highest BCUT2D eigenvalue weighted by atomic mass is 32.1. The van der Waals surface area contributed by atoms with Crippen LogP contribution in [0, 0.1) is 0 Å². The fraction of sp³-hybridized carbons (Fsp3) is 0.737. The molecule has 2 N–H and O–H groups in total. The van der Waals surface area contributed by atoms with Gasteiger partial charge in [0.05, 0.1) is 0 Å². The van der Waals surface area contributed by atoms with Gasteiger partial charge in [0, 0.05) is 38.8 Å². The summed E-state index contributed by atoms with van der Waals surface area (Å²) in [6.07, 6.45) is 9.94. The largest absolute Gasteiger partial charge is 0.362 e. The Morgan fingerprint density at radius 2 is 1.42 bits per heavy atom. The molecule has 0 aliphatic carbocycles. The second-order valence-electron chi connectivity index (χ2n) is 7.24. The topological polar surface area (TPSA) is 56.3 Å². The molecule has 2 saturated heterocycles. The fourth-order valence-electron chi connectivity index (χ4n) is 3.61. The van der Waals surface area contributed by atoms with Gasteiger partial charge in [-0.1, -0.05) is 19.8 Å². The smallest absolute Gasteiger partial charge is 0.232 e. The fourth-order valence-corrected chi connectivity index (χ4v) is 3.80. The molecule has 6 nitrogen and oxygen atoms in total. The molecule has 0 spiro atoms. The maximum absolute atomic E-state index is 5.39. The Kier molecular flexibility index (Phi) is 7.29. The van der Waals surface area contributed by atoms with E-state index in [2.05, 4.69) is 33.4 Å². The summed E-state index contributed by atoms with van der Waals surface area (Å²) in [6.45, 7) is 7.29. The van der Waals surface area contributed by atoms with Gasteiger partial charge in [0.15, 0.2) is 5.11 Å². The Labute approximate surface area is 162 Å². The zero-order valence-corrected chi connectivity index (χ0v) is 16.8. The maximum Gasteiger partial charge on any atom is 0.232 e. The minimum atomic E-state index is 0.601. The van der Waals surface area contributed by atoms with Gasteiger partial charge in [-0.2, -0.15) is 9.97 Å². The summed E-state index contributed by atoms with van der Waals surface area (Å²) >= 11 is 5.39. The van der Waals surface area contributed by atoms with Crippen molar-refractivity contribution in [1.82, 2.24) is 15.3 Å². The normalized spacial score (nSPS) is 18.3. The van der Waals surface area contributed by atoms with E-state index in [9.17, 15) is 0 Å². The first kappa shape index (κ1) is 19.1. The first-order valence-corrected chi connectivity index (χ1v) is 10.6. The number of hydrogen-bond acceptors (Lipinski definition) is 5. The summed E-state index contributed by atoms with van der Waals surface area (Å²) in [5, 5.41) is 7.00. The van der Waals surface area contributed by atoms with Crippen LogP contribution in [-0.2, 0) is 0 Å². The van der Waals surface area contributed by atoms with Crippen molar-refractivity contribution in [3.8, 4) is 0 Å². The molecule has 0 atom stereocenters. The minimum absolute atomic E-state index is 0.601. The summed E-state index contributed by atoms with van der Waals surface area (Å²) < 4.78 is 0. The third-order valence-corrected chi connectivity index (χ3v) is 5.32. The van der Waals surface area contributed by atoms with E-state index in [0.29, 0.717) is 11.1 Å². The number of rotatable bonds is 5.